The first-order valence-electron chi connectivity index (χ1n) is 10.2. The van der Waals surface area contributed by atoms with Crippen LogP contribution in [-0.4, -0.2) is 19.9 Å². The number of anilines is 2. The molecule has 0 aliphatic rings. The Morgan fingerprint density at radius 2 is 1.84 bits per heavy atom. The smallest absolute Gasteiger partial charge is 0.161 e. The van der Waals surface area contributed by atoms with Gasteiger partial charge in [0.25, 0.3) is 0 Å². The summed E-state index contributed by atoms with van der Waals surface area (Å²) in [5, 5.41) is 4.41. The molecule has 0 unspecified atom stereocenters. The predicted molar refractivity (Wildman–Crippen MR) is 128 cm³/mol. The summed E-state index contributed by atoms with van der Waals surface area (Å²) >= 11 is 0. The predicted octanol–water partition coefficient (Wildman–Crippen LogP) is 5.68. The van der Waals surface area contributed by atoms with Crippen molar-refractivity contribution in [1.82, 2.24) is 19.9 Å². The lowest BCUT2D eigenvalue weighted by Crippen LogP contribution is -2.05. The highest BCUT2D eigenvalue weighted by Gasteiger charge is 2.17. The van der Waals surface area contributed by atoms with Gasteiger partial charge in [-0.1, -0.05) is 56.8 Å². The number of fused-ring (bicyclic) bond motifs is 1. The van der Waals surface area contributed by atoms with Gasteiger partial charge in [-0.3, -0.25) is 0 Å². The van der Waals surface area contributed by atoms with Crippen LogP contribution in [0.3, 0.4) is 0 Å². The second kappa shape index (κ2) is 8.07. The summed E-state index contributed by atoms with van der Waals surface area (Å²) < 4.78 is 0. The maximum absolute atomic E-state index is 5.91. The lowest BCUT2D eigenvalue weighted by atomic mass is 10.0. The van der Waals surface area contributed by atoms with Gasteiger partial charge in [-0.15, -0.1) is 0 Å². The molecule has 6 heteroatoms. The maximum Gasteiger partial charge on any atom is 0.161 e. The molecule has 4 aromatic rings. The van der Waals surface area contributed by atoms with Crippen molar-refractivity contribution in [3.8, 4) is 11.4 Å². The molecule has 6 nitrogen and oxygen atoms in total. The Kier molecular flexibility index (Phi) is 5.29. The first-order chi connectivity index (χ1) is 14.8. The fraction of sp³-hybridized carbons (Fsp3) is 0.160. The topological polar surface area (TPSA) is 92.5 Å². The quantitative estimate of drug-likeness (QED) is 0.356. The SMILES string of the molecule is C=C(N)C(=C)c1c[nH]c2nccc(Nc3nc(-c4ccc(C)cc4)ncc3C(C)C)c12. The Bertz CT molecular complexity index is 1280. The Labute approximate surface area is 182 Å². The van der Waals surface area contributed by atoms with Crippen LogP contribution >= 0.6 is 0 Å². The molecule has 0 radical (unpaired) electrons. The zero-order chi connectivity index (χ0) is 22.1. The van der Waals surface area contributed by atoms with E-state index in [4.69, 9.17) is 10.7 Å². The van der Waals surface area contributed by atoms with E-state index in [9.17, 15) is 0 Å². The number of nitrogens with two attached hydrogens (primary N) is 1. The van der Waals surface area contributed by atoms with Gasteiger partial charge in [-0.25, -0.2) is 15.0 Å². The standard InChI is InChI=1S/C25H26N6/c1-14(2)19-12-28-23(18-8-6-15(3)7-9-18)31-24(19)30-21-10-11-27-25-22(21)20(13-29-25)16(4)17(5)26/h6-14H,4-5,26H2,1-3H3,(H2,27,28,29,30,31). The van der Waals surface area contributed by atoms with Crippen molar-refractivity contribution in [2.24, 2.45) is 5.73 Å². The summed E-state index contributed by atoms with van der Waals surface area (Å²) in [6, 6.07) is 10.1. The molecule has 0 atom stereocenters. The molecule has 4 rings (SSSR count). The average molecular weight is 411 g/mol. The summed E-state index contributed by atoms with van der Waals surface area (Å²) in [7, 11) is 0. The largest absolute Gasteiger partial charge is 0.399 e. The van der Waals surface area contributed by atoms with E-state index in [-0.39, 0.29) is 5.92 Å². The summed E-state index contributed by atoms with van der Waals surface area (Å²) in [5.74, 6) is 1.68. The van der Waals surface area contributed by atoms with E-state index >= 15 is 0 Å². The fourth-order valence-corrected chi connectivity index (χ4v) is 3.45. The van der Waals surface area contributed by atoms with E-state index in [2.05, 4.69) is 66.3 Å². The summed E-state index contributed by atoms with van der Waals surface area (Å²) in [6.45, 7) is 14.2. The first-order valence-corrected chi connectivity index (χ1v) is 10.2. The molecule has 0 spiro atoms. The number of allylic oxidation sites excluding steroid dienone is 1. The summed E-state index contributed by atoms with van der Waals surface area (Å²) in [6.07, 6.45) is 5.50. The van der Waals surface area contributed by atoms with Gasteiger partial charge in [0.2, 0.25) is 0 Å². The van der Waals surface area contributed by atoms with Gasteiger partial charge in [0.05, 0.1) is 11.1 Å². The molecular weight excluding hydrogens is 384 g/mol. The van der Waals surface area contributed by atoms with Gasteiger partial charge in [0.15, 0.2) is 5.82 Å². The lowest BCUT2D eigenvalue weighted by molar-refractivity contribution is 0.851. The minimum absolute atomic E-state index is 0.247. The molecule has 3 aromatic heterocycles. The van der Waals surface area contributed by atoms with Crippen molar-refractivity contribution in [1.29, 1.82) is 0 Å². The molecule has 4 N–H and O–H groups in total. The molecule has 0 fully saturated rings. The molecule has 156 valence electrons. The number of hydrogen-bond acceptors (Lipinski definition) is 5. The van der Waals surface area contributed by atoms with Crippen LogP contribution in [0, 0.1) is 6.92 Å². The van der Waals surface area contributed by atoms with Crippen LogP contribution in [-0.2, 0) is 0 Å². The van der Waals surface area contributed by atoms with Crippen LogP contribution in [0.25, 0.3) is 28.0 Å². The number of benzene rings is 1. The molecular formula is C25H26N6. The minimum Gasteiger partial charge on any atom is -0.399 e. The second-order valence-corrected chi connectivity index (χ2v) is 7.93. The molecule has 31 heavy (non-hydrogen) atoms. The number of H-pyrrole nitrogens is 1. The molecule has 1 aromatic carbocycles. The second-order valence-electron chi connectivity index (χ2n) is 7.93. The normalized spacial score (nSPS) is 11.1. The van der Waals surface area contributed by atoms with Crippen LogP contribution in [0.15, 0.2) is 67.8 Å². The minimum atomic E-state index is 0.247. The number of aryl methyl sites for hydroxylation is 1. The van der Waals surface area contributed by atoms with Crippen LogP contribution in [0.5, 0.6) is 0 Å². The zero-order valence-electron chi connectivity index (χ0n) is 18.0. The molecule has 0 saturated carbocycles. The van der Waals surface area contributed by atoms with E-state index < -0.39 is 0 Å². The highest BCUT2D eigenvalue weighted by molar-refractivity contribution is 6.02. The van der Waals surface area contributed by atoms with Gasteiger partial charge in [-0.2, -0.15) is 0 Å². The third kappa shape index (κ3) is 3.92. The van der Waals surface area contributed by atoms with Crippen molar-refractivity contribution in [3.63, 3.8) is 0 Å². The number of pyridine rings is 1. The number of aromatic amines is 1. The third-order valence-electron chi connectivity index (χ3n) is 5.29. The van der Waals surface area contributed by atoms with Crippen molar-refractivity contribution >= 4 is 28.1 Å². The summed E-state index contributed by atoms with van der Waals surface area (Å²) in [5.41, 5.74) is 12.6. The van der Waals surface area contributed by atoms with Crippen LogP contribution in [0.2, 0.25) is 0 Å². The molecule has 0 amide bonds. The monoisotopic (exact) mass is 410 g/mol. The highest BCUT2D eigenvalue weighted by atomic mass is 15.0. The van der Waals surface area contributed by atoms with E-state index in [0.717, 1.165) is 39.2 Å². The van der Waals surface area contributed by atoms with Gasteiger partial charge in [-0.05, 0) is 24.5 Å². The Hall–Kier alpha value is -3.93. The molecule has 0 saturated heterocycles. The van der Waals surface area contributed by atoms with Crippen LogP contribution in [0.4, 0.5) is 11.5 Å². The first kappa shape index (κ1) is 20.3. The van der Waals surface area contributed by atoms with E-state index in [0.29, 0.717) is 17.1 Å². The van der Waals surface area contributed by atoms with Crippen LogP contribution in [0.1, 0.15) is 36.5 Å². The molecule has 0 aliphatic carbocycles. The average Bonchev–Trinajstić information content (AvgIpc) is 3.18. The van der Waals surface area contributed by atoms with E-state index in [1.165, 1.54) is 5.56 Å². The van der Waals surface area contributed by atoms with E-state index in [1.54, 1.807) is 6.20 Å². The number of nitrogens with one attached hydrogen (secondary N) is 2. The van der Waals surface area contributed by atoms with Gasteiger partial charge >= 0.3 is 0 Å². The van der Waals surface area contributed by atoms with Crippen molar-refractivity contribution in [2.45, 2.75) is 26.7 Å². The molecule has 3 heterocycles. The van der Waals surface area contributed by atoms with Crippen LogP contribution < -0.4 is 11.1 Å². The number of hydrogen-bond donors (Lipinski definition) is 3. The Balaban J connectivity index is 1.83. The molecule has 0 aliphatic heterocycles. The van der Waals surface area contributed by atoms with Gasteiger partial charge < -0.3 is 16.0 Å². The van der Waals surface area contributed by atoms with E-state index in [1.807, 2.05) is 30.6 Å². The van der Waals surface area contributed by atoms with Crippen molar-refractivity contribution < 1.29 is 0 Å². The Morgan fingerprint density at radius 1 is 1.10 bits per heavy atom. The van der Waals surface area contributed by atoms with Crippen molar-refractivity contribution in [2.75, 3.05) is 5.32 Å². The molecule has 0 bridgehead atoms. The Morgan fingerprint density at radius 3 is 2.52 bits per heavy atom. The van der Waals surface area contributed by atoms with Gasteiger partial charge in [0.1, 0.15) is 11.5 Å². The number of aromatic nitrogens is 4. The van der Waals surface area contributed by atoms with Gasteiger partial charge in [0, 0.05) is 41.0 Å². The number of rotatable bonds is 6. The lowest BCUT2D eigenvalue weighted by Gasteiger charge is -2.16. The third-order valence-corrected chi connectivity index (χ3v) is 5.29. The number of nitrogens with zero attached hydrogens (tertiary/aromatic N) is 3. The zero-order valence-corrected chi connectivity index (χ0v) is 18.0. The fourth-order valence-electron chi connectivity index (χ4n) is 3.45. The summed E-state index contributed by atoms with van der Waals surface area (Å²) in [4.78, 5) is 17.1. The van der Waals surface area contributed by atoms with Crippen molar-refractivity contribution in [3.05, 3.63) is 84.5 Å². The maximum atomic E-state index is 5.91. The highest BCUT2D eigenvalue weighted by Crippen LogP contribution is 2.34.